The number of benzene rings is 1. The van der Waals surface area contributed by atoms with Gasteiger partial charge in [-0.2, -0.15) is 4.31 Å². The van der Waals surface area contributed by atoms with Crippen LogP contribution in [0.25, 0.3) is 0 Å². The van der Waals surface area contributed by atoms with Crippen LogP contribution in [0.1, 0.15) is 28.8 Å². The van der Waals surface area contributed by atoms with E-state index in [4.69, 9.17) is 11.6 Å². The van der Waals surface area contributed by atoms with E-state index in [0.29, 0.717) is 26.1 Å². The van der Waals surface area contributed by atoms with Gasteiger partial charge in [-0.1, -0.05) is 17.7 Å². The van der Waals surface area contributed by atoms with Gasteiger partial charge in [-0.3, -0.25) is 9.78 Å². The first-order chi connectivity index (χ1) is 12.5. The number of hydrogen-bond acceptors (Lipinski definition) is 4. The van der Waals surface area contributed by atoms with Crippen molar-refractivity contribution < 1.29 is 13.2 Å². The molecule has 2 heterocycles. The molecule has 0 radical (unpaired) electrons. The summed E-state index contributed by atoms with van der Waals surface area (Å²) in [6, 6.07) is 8.02. The monoisotopic (exact) mass is 393 g/mol. The highest BCUT2D eigenvalue weighted by Crippen LogP contribution is 2.25. The number of carbonyl (C=O) groups excluding carboxylic acids is 1. The van der Waals surface area contributed by atoms with Crippen molar-refractivity contribution in [2.75, 3.05) is 19.6 Å². The first-order valence-electron chi connectivity index (χ1n) is 8.45. The lowest BCUT2D eigenvalue weighted by Gasteiger charge is -2.16. The Kier molecular flexibility index (Phi) is 5.90. The fraction of sp³-hybridized carbons (Fsp3) is 0.333. The molecule has 26 heavy (non-hydrogen) atoms. The molecular formula is C18H20ClN3O3S. The summed E-state index contributed by atoms with van der Waals surface area (Å²) in [6.07, 6.45) is 5.77. The van der Waals surface area contributed by atoms with E-state index in [2.05, 4.69) is 10.3 Å². The Morgan fingerprint density at radius 2 is 2.00 bits per heavy atom. The number of pyridine rings is 1. The van der Waals surface area contributed by atoms with Gasteiger partial charge in [0.1, 0.15) is 0 Å². The van der Waals surface area contributed by atoms with Crippen LogP contribution in [0.2, 0.25) is 5.02 Å². The molecule has 2 aromatic rings. The molecule has 0 unspecified atom stereocenters. The molecule has 0 aliphatic carbocycles. The summed E-state index contributed by atoms with van der Waals surface area (Å²) < 4.78 is 26.8. The van der Waals surface area contributed by atoms with Gasteiger partial charge in [-0.15, -0.1) is 0 Å². The summed E-state index contributed by atoms with van der Waals surface area (Å²) in [5.41, 5.74) is 1.17. The van der Waals surface area contributed by atoms with Crippen molar-refractivity contribution >= 4 is 27.5 Å². The zero-order valence-electron chi connectivity index (χ0n) is 14.2. The Balaban J connectivity index is 1.71. The third-order valence-electron chi connectivity index (χ3n) is 4.31. The van der Waals surface area contributed by atoms with Crippen molar-refractivity contribution in [2.45, 2.75) is 24.2 Å². The van der Waals surface area contributed by atoms with Gasteiger partial charge in [0.25, 0.3) is 5.91 Å². The Bertz CT molecular complexity index is 882. The molecule has 8 heteroatoms. The Labute approximate surface area is 158 Å². The second-order valence-electron chi connectivity index (χ2n) is 6.12. The second-order valence-corrected chi connectivity index (χ2v) is 8.47. The molecule has 138 valence electrons. The standard InChI is InChI=1S/C18H20ClN3O3S/c19-17-6-5-15(26(24,25)22-10-1-2-11-22)12-16(17)18(23)21-9-7-14-4-3-8-20-13-14/h3-6,8,12-13H,1-2,7,9-11H2,(H,21,23). The van der Waals surface area contributed by atoms with Gasteiger partial charge in [0.05, 0.1) is 15.5 Å². The number of hydrogen-bond donors (Lipinski definition) is 1. The summed E-state index contributed by atoms with van der Waals surface area (Å²) in [6.45, 7) is 1.43. The molecule has 0 bridgehead atoms. The Hall–Kier alpha value is -1.96. The average molecular weight is 394 g/mol. The molecule has 0 saturated carbocycles. The highest BCUT2D eigenvalue weighted by atomic mass is 35.5. The van der Waals surface area contributed by atoms with E-state index < -0.39 is 15.9 Å². The summed E-state index contributed by atoms with van der Waals surface area (Å²) in [5, 5.41) is 3.00. The number of aromatic nitrogens is 1. The van der Waals surface area contributed by atoms with Crippen LogP contribution in [-0.4, -0.2) is 43.2 Å². The maximum absolute atomic E-state index is 12.7. The fourth-order valence-corrected chi connectivity index (χ4v) is 4.63. The number of halogens is 1. The second kappa shape index (κ2) is 8.16. The van der Waals surface area contributed by atoms with Gasteiger partial charge < -0.3 is 5.32 Å². The van der Waals surface area contributed by atoms with Crippen molar-refractivity contribution in [3.63, 3.8) is 0 Å². The zero-order valence-corrected chi connectivity index (χ0v) is 15.8. The van der Waals surface area contributed by atoms with Crippen molar-refractivity contribution in [3.05, 3.63) is 58.9 Å². The van der Waals surface area contributed by atoms with E-state index in [1.165, 1.54) is 22.5 Å². The lowest BCUT2D eigenvalue weighted by atomic mass is 10.2. The number of rotatable bonds is 6. The number of nitrogens with one attached hydrogen (secondary N) is 1. The fourth-order valence-electron chi connectivity index (χ4n) is 2.88. The molecule has 1 fully saturated rings. The molecule has 6 nitrogen and oxygen atoms in total. The third kappa shape index (κ3) is 4.23. The molecule has 1 aliphatic rings. The zero-order chi connectivity index (χ0) is 18.6. The number of sulfonamides is 1. The van der Waals surface area contributed by atoms with E-state index >= 15 is 0 Å². The van der Waals surface area contributed by atoms with Crippen molar-refractivity contribution in [1.82, 2.24) is 14.6 Å². The van der Waals surface area contributed by atoms with Gasteiger partial charge in [0, 0.05) is 32.0 Å². The molecule has 0 spiro atoms. The van der Waals surface area contributed by atoms with Crippen molar-refractivity contribution in [3.8, 4) is 0 Å². The first-order valence-corrected chi connectivity index (χ1v) is 10.3. The lowest BCUT2D eigenvalue weighted by Crippen LogP contribution is -2.29. The van der Waals surface area contributed by atoms with Gasteiger partial charge in [-0.05, 0) is 49.1 Å². The molecule has 1 aromatic heterocycles. The van der Waals surface area contributed by atoms with Crippen LogP contribution in [0, 0.1) is 0 Å². The predicted octanol–water partition coefficient (Wildman–Crippen LogP) is 2.49. The molecule has 1 amide bonds. The van der Waals surface area contributed by atoms with E-state index in [-0.39, 0.29) is 15.5 Å². The topological polar surface area (TPSA) is 79.4 Å². The summed E-state index contributed by atoms with van der Waals surface area (Å²) in [5.74, 6) is -0.391. The number of amides is 1. The quantitative estimate of drug-likeness (QED) is 0.817. The number of carbonyl (C=O) groups is 1. The molecule has 0 atom stereocenters. The summed E-state index contributed by atoms with van der Waals surface area (Å²) in [4.78, 5) is 16.6. The Morgan fingerprint density at radius 1 is 1.23 bits per heavy atom. The van der Waals surface area contributed by atoms with Crippen LogP contribution >= 0.6 is 11.6 Å². The molecule has 1 N–H and O–H groups in total. The van der Waals surface area contributed by atoms with Crippen molar-refractivity contribution in [2.24, 2.45) is 0 Å². The third-order valence-corrected chi connectivity index (χ3v) is 6.53. The van der Waals surface area contributed by atoms with Gasteiger partial charge >= 0.3 is 0 Å². The average Bonchev–Trinajstić information content (AvgIpc) is 3.18. The summed E-state index contributed by atoms with van der Waals surface area (Å²) in [7, 11) is -3.59. The molecule has 3 rings (SSSR count). The van der Waals surface area contributed by atoms with Crippen molar-refractivity contribution in [1.29, 1.82) is 0 Å². The summed E-state index contributed by atoms with van der Waals surface area (Å²) >= 11 is 6.12. The minimum absolute atomic E-state index is 0.0983. The minimum atomic E-state index is -3.59. The highest BCUT2D eigenvalue weighted by Gasteiger charge is 2.28. The van der Waals surface area contributed by atoms with Crippen LogP contribution in [-0.2, 0) is 16.4 Å². The molecular weight excluding hydrogens is 374 g/mol. The van der Waals surface area contributed by atoms with Gasteiger partial charge in [0.2, 0.25) is 10.0 Å². The lowest BCUT2D eigenvalue weighted by molar-refractivity contribution is 0.0954. The van der Waals surface area contributed by atoms with Crippen LogP contribution < -0.4 is 5.32 Å². The molecule has 1 saturated heterocycles. The maximum Gasteiger partial charge on any atom is 0.252 e. The van der Waals surface area contributed by atoms with Crippen LogP contribution in [0.3, 0.4) is 0 Å². The van der Waals surface area contributed by atoms with Gasteiger partial charge in [0.15, 0.2) is 0 Å². The Morgan fingerprint density at radius 3 is 2.69 bits per heavy atom. The van der Waals surface area contributed by atoms with Crippen LogP contribution in [0.15, 0.2) is 47.6 Å². The highest BCUT2D eigenvalue weighted by molar-refractivity contribution is 7.89. The smallest absolute Gasteiger partial charge is 0.252 e. The van der Waals surface area contributed by atoms with Crippen LogP contribution in [0.5, 0.6) is 0 Å². The first kappa shape index (κ1) is 18.8. The predicted molar refractivity (Wildman–Crippen MR) is 99.7 cm³/mol. The minimum Gasteiger partial charge on any atom is -0.352 e. The maximum atomic E-state index is 12.7. The SMILES string of the molecule is O=C(NCCc1cccnc1)c1cc(S(=O)(=O)N2CCCC2)ccc1Cl. The van der Waals surface area contributed by atoms with E-state index in [0.717, 1.165) is 18.4 Å². The van der Waals surface area contributed by atoms with E-state index in [1.807, 2.05) is 12.1 Å². The molecule has 1 aliphatic heterocycles. The number of nitrogens with zero attached hydrogens (tertiary/aromatic N) is 2. The molecule has 1 aromatic carbocycles. The van der Waals surface area contributed by atoms with Crippen LogP contribution in [0.4, 0.5) is 0 Å². The normalized spacial score (nSPS) is 15.1. The van der Waals surface area contributed by atoms with E-state index in [9.17, 15) is 13.2 Å². The van der Waals surface area contributed by atoms with E-state index in [1.54, 1.807) is 12.4 Å². The largest absolute Gasteiger partial charge is 0.352 e. The van der Waals surface area contributed by atoms with Gasteiger partial charge in [-0.25, -0.2) is 8.42 Å².